The Morgan fingerprint density at radius 2 is 2.06 bits per heavy atom. The van der Waals surface area contributed by atoms with Gasteiger partial charge in [0, 0.05) is 29.7 Å². The second-order valence-corrected chi connectivity index (χ2v) is 12.9. The van der Waals surface area contributed by atoms with Crippen LogP contribution >= 0.6 is 0 Å². The number of benzene rings is 1. The lowest BCUT2D eigenvalue weighted by Gasteiger charge is -2.27. The molecule has 12 heteroatoms. The van der Waals surface area contributed by atoms with Crippen LogP contribution in [0.3, 0.4) is 0 Å². The summed E-state index contributed by atoms with van der Waals surface area (Å²) in [4.78, 5) is 11.9. The molecule has 2 aliphatic rings. The van der Waals surface area contributed by atoms with Crippen LogP contribution in [0.1, 0.15) is 18.5 Å². The quantitative estimate of drug-likeness (QED) is 0.564. The molecule has 4 heterocycles. The summed E-state index contributed by atoms with van der Waals surface area (Å²) in [7, 11) is -5.48. The summed E-state index contributed by atoms with van der Waals surface area (Å²) in [5.74, 6) is -0.323. The van der Waals surface area contributed by atoms with E-state index in [-0.39, 0.29) is 31.0 Å². The van der Waals surface area contributed by atoms with Crippen LogP contribution in [0.5, 0.6) is 5.75 Å². The second kappa shape index (κ2) is 8.43. The Labute approximate surface area is 196 Å². The fourth-order valence-electron chi connectivity index (χ4n) is 4.53. The van der Waals surface area contributed by atoms with Crippen LogP contribution in [0.2, 0.25) is 0 Å². The van der Waals surface area contributed by atoms with Crippen molar-refractivity contribution >= 4 is 36.5 Å². The summed E-state index contributed by atoms with van der Waals surface area (Å²) in [6.45, 7) is 0.427. The topological polar surface area (TPSA) is 122 Å². The first kappa shape index (κ1) is 22.9. The van der Waals surface area contributed by atoms with E-state index < -0.39 is 30.9 Å². The van der Waals surface area contributed by atoms with Crippen molar-refractivity contribution in [2.75, 3.05) is 31.7 Å². The van der Waals surface area contributed by atoms with Crippen molar-refractivity contribution < 1.29 is 26.0 Å². The number of ether oxygens (including phenoxy) is 1. The average Bonchev–Trinajstić information content (AvgIpc) is 3.42. The largest absolute Gasteiger partial charge is 0.496 e. The van der Waals surface area contributed by atoms with Crippen molar-refractivity contribution in [1.82, 2.24) is 19.3 Å². The fraction of sp³-hybridized carbons (Fsp3) is 0.364. The third-order valence-corrected chi connectivity index (χ3v) is 10.6. The zero-order chi connectivity index (χ0) is 24.1. The van der Waals surface area contributed by atoms with Gasteiger partial charge in [0.15, 0.2) is 9.84 Å². The van der Waals surface area contributed by atoms with Gasteiger partial charge < -0.3 is 9.72 Å². The van der Waals surface area contributed by atoms with Gasteiger partial charge in [-0.25, -0.2) is 31.2 Å². The van der Waals surface area contributed by atoms with E-state index in [9.17, 15) is 21.2 Å². The lowest BCUT2D eigenvalue weighted by atomic mass is 10.0. The number of fused-ring (bicyclic) bond motifs is 1. The number of sulfone groups is 1. The van der Waals surface area contributed by atoms with Crippen LogP contribution in [0, 0.1) is 5.82 Å². The van der Waals surface area contributed by atoms with Gasteiger partial charge in [-0.3, -0.25) is 0 Å². The molecule has 0 radical (unpaired) electrons. The maximum atomic E-state index is 13.9. The lowest BCUT2D eigenvalue weighted by Crippen LogP contribution is -2.41. The molecule has 0 amide bonds. The number of hydrogen-bond donors (Lipinski definition) is 1. The molecule has 5 rings (SSSR count). The molecule has 9 nitrogen and oxygen atoms in total. The minimum absolute atomic E-state index is 0.0830. The molecule has 34 heavy (non-hydrogen) atoms. The number of halogens is 1. The summed E-state index contributed by atoms with van der Waals surface area (Å²) in [5.41, 5.74) is 3.28. The van der Waals surface area contributed by atoms with Gasteiger partial charge in [0.2, 0.25) is 10.0 Å². The summed E-state index contributed by atoms with van der Waals surface area (Å²) in [6.07, 6.45) is 3.81. The molecular weight excluding hydrogens is 483 g/mol. The average molecular weight is 507 g/mol. The van der Waals surface area contributed by atoms with Crippen LogP contribution in [0.4, 0.5) is 4.39 Å². The third kappa shape index (κ3) is 4.10. The zero-order valence-electron chi connectivity index (χ0n) is 18.4. The van der Waals surface area contributed by atoms with E-state index >= 15 is 0 Å². The highest BCUT2D eigenvalue weighted by molar-refractivity contribution is 7.95. The molecule has 1 N–H and O–H groups in total. The van der Waals surface area contributed by atoms with E-state index in [2.05, 4.69) is 15.0 Å². The van der Waals surface area contributed by atoms with Gasteiger partial charge in [-0.15, -0.1) is 0 Å². The van der Waals surface area contributed by atoms with E-state index in [1.54, 1.807) is 6.07 Å². The van der Waals surface area contributed by atoms with Crippen molar-refractivity contribution in [2.24, 2.45) is 0 Å². The van der Waals surface area contributed by atoms with E-state index in [0.717, 1.165) is 11.3 Å². The van der Waals surface area contributed by atoms with Crippen molar-refractivity contribution in [3.63, 3.8) is 0 Å². The number of H-pyrrole nitrogens is 1. The van der Waals surface area contributed by atoms with Gasteiger partial charge in [0.05, 0.1) is 29.6 Å². The first-order valence-corrected chi connectivity index (χ1v) is 14.1. The van der Waals surface area contributed by atoms with Crippen LogP contribution in [0.15, 0.2) is 36.7 Å². The van der Waals surface area contributed by atoms with Gasteiger partial charge >= 0.3 is 0 Å². The van der Waals surface area contributed by atoms with Gasteiger partial charge in [0.25, 0.3) is 0 Å². The Kier molecular flexibility index (Phi) is 5.69. The minimum Gasteiger partial charge on any atom is -0.496 e. The molecular formula is C22H23FN4O5S2. The van der Waals surface area contributed by atoms with E-state index in [4.69, 9.17) is 4.74 Å². The molecule has 1 aromatic carbocycles. The molecule has 0 spiro atoms. The zero-order valence-corrected chi connectivity index (χ0v) is 20.0. The molecule has 2 aromatic heterocycles. The van der Waals surface area contributed by atoms with E-state index in [1.165, 1.54) is 29.9 Å². The SMILES string of the molecule is COc1ccc(F)cc1-c1ncnc2[nH]c(C3=CCN(S(=O)(=O)C4CCS(=O)(=O)C4)CC3)cc12. The van der Waals surface area contributed by atoms with Crippen LogP contribution in [-0.4, -0.2) is 73.0 Å². The first-order chi connectivity index (χ1) is 16.2. The molecule has 1 fully saturated rings. The molecule has 0 saturated carbocycles. The first-order valence-electron chi connectivity index (χ1n) is 10.7. The van der Waals surface area contributed by atoms with Crippen molar-refractivity contribution in [3.05, 3.63) is 48.2 Å². The Morgan fingerprint density at radius 3 is 2.74 bits per heavy atom. The summed E-state index contributed by atoms with van der Waals surface area (Å²) < 4.78 is 70.0. The van der Waals surface area contributed by atoms with E-state index in [1.807, 2.05) is 12.1 Å². The van der Waals surface area contributed by atoms with Crippen molar-refractivity contribution in [1.29, 1.82) is 0 Å². The highest BCUT2D eigenvalue weighted by atomic mass is 32.2. The van der Waals surface area contributed by atoms with Gasteiger partial charge in [-0.2, -0.15) is 4.31 Å². The second-order valence-electron chi connectivity index (χ2n) is 8.42. The maximum absolute atomic E-state index is 13.9. The predicted octanol–water partition coefficient (Wildman–Crippen LogP) is 2.38. The number of aromatic nitrogens is 3. The number of nitrogens with zero attached hydrogens (tertiary/aromatic N) is 3. The number of aromatic amines is 1. The highest BCUT2D eigenvalue weighted by Crippen LogP contribution is 2.35. The Morgan fingerprint density at radius 1 is 1.24 bits per heavy atom. The molecule has 0 bridgehead atoms. The van der Waals surface area contributed by atoms with E-state index in [0.29, 0.717) is 34.5 Å². The highest BCUT2D eigenvalue weighted by Gasteiger charge is 2.40. The maximum Gasteiger partial charge on any atom is 0.218 e. The Balaban J connectivity index is 1.44. The molecule has 0 aliphatic carbocycles. The number of nitrogens with one attached hydrogen (secondary N) is 1. The summed E-state index contributed by atoms with van der Waals surface area (Å²) in [5, 5.41) is -0.187. The predicted molar refractivity (Wildman–Crippen MR) is 126 cm³/mol. The molecule has 2 aliphatic heterocycles. The third-order valence-electron chi connectivity index (χ3n) is 6.33. The number of methoxy groups -OCH3 is 1. The molecule has 1 saturated heterocycles. The van der Waals surface area contributed by atoms with Gasteiger partial charge in [0.1, 0.15) is 23.5 Å². The van der Waals surface area contributed by atoms with Crippen LogP contribution in [-0.2, 0) is 19.9 Å². The molecule has 1 atom stereocenters. The number of hydrogen-bond acceptors (Lipinski definition) is 7. The molecule has 1 unspecified atom stereocenters. The molecule has 180 valence electrons. The van der Waals surface area contributed by atoms with Crippen molar-refractivity contribution in [2.45, 2.75) is 18.1 Å². The Bertz CT molecular complexity index is 1520. The number of rotatable bonds is 5. The summed E-state index contributed by atoms with van der Waals surface area (Å²) >= 11 is 0. The van der Waals surface area contributed by atoms with Crippen molar-refractivity contribution in [3.8, 4) is 17.0 Å². The van der Waals surface area contributed by atoms with Gasteiger partial charge in [-0.1, -0.05) is 6.08 Å². The fourth-order valence-corrected chi connectivity index (χ4v) is 8.99. The lowest BCUT2D eigenvalue weighted by molar-refractivity contribution is 0.415. The van der Waals surface area contributed by atoms with Crippen LogP contribution in [0.25, 0.3) is 27.9 Å². The molecule has 3 aromatic rings. The standard InChI is InChI=1S/C22H23FN4O5S2/c1-32-20-3-2-15(23)10-17(20)21-18-11-19(26-22(18)25-13-24-21)14-4-7-27(8-5-14)34(30,31)16-6-9-33(28,29)12-16/h2-4,10-11,13,16H,5-9,12H2,1H3,(H,24,25,26). The monoisotopic (exact) mass is 506 g/mol. The Hall–Kier alpha value is -2.83. The minimum atomic E-state index is -3.69. The summed E-state index contributed by atoms with van der Waals surface area (Å²) in [6, 6.07) is 6.09. The normalized spacial score (nSPS) is 21.0. The number of sulfonamides is 1. The van der Waals surface area contributed by atoms with Gasteiger partial charge in [-0.05, 0) is 42.7 Å². The smallest absolute Gasteiger partial charge is 0.218 e. The van der Waals surface area contributed by atoms with Crippen LogP contribution < -0.4 is 4.74 Å².